The molecule has 0 saturated carbocycles. The van der Waals surface area contributed by atoms with E-state index < -0.39 is 6.04 Å². The van der Waals surface area contributed by atoms with Crippen LogP contribution in [0.25, 0.3) is 10.9 Å². The molecule has 34 heavy (non-hydrogen) atoms. The summed E-state index contributed by atoms with van der Waals surface area (Å²) < 4.78 is 7.68. The van der Waals surface area contributed by atoms with Crippen LogP contribution in [-0.4, -0.2) is 44.4 Å². The fraction of sp³-hybridized carbons (Fsp3) is 0.385. The lowest BCUT2D eigenvalue weighted by Crippen LogP contribution is -2.35. The molecule has 1 N–H and O–H groups in total. The zero-order valence-corrected chi connectivity index (χ0v) is 19.5. The van der Waals surface area contributed by atoms with Gasteiger partial charge in [0.15, 0.2) is 5.82 Å². The average Bonchev–Trinajstić information content (AvgIpc) is 3.61. The number of ether oxygens (including phenoxy) is 1. The van der Waals surface area contributed by atoms with Gasteiger partial charge in [0.1, 0.15) is 6.04 Å². The molecule has 2 aromatic heterocycles. The van der Waals surface area contributed by atoms with Crippen LogP contribution in [0.4, 0.5) is 5.69 Å². The van der Waals surface area contributed by atoms with Gasteiger partial charge in [0.05, 0.1) is 18.2 Å². The molecule has 174 valence electrons. The zero-order valence-electron chi connectivity index (χ0n) is 19.5. The molecule has 0 aliphatic carbocycles. The second kappa shape index (κ2) is 8.36. The number of benzene rings is 2. The first kappa shape index (κ1) is 21.0. The van der Waals surface area contributed by atoms with Crippen molar-refractivity contribution in [1.82, 2.24) is 25.2 Å². The van der Waals surface area contributed by atoms with Gasteiger partial charge in [-0.25, -0.2) is 4.68 Å². The summed E-state index contributed by atoms with van der Waals surface area (Å²) in [6.45, 7) is 6.25. The number of fused-ring (bicyclic) bond motifs is 2. The van der Waals surface area contributed by atoms with Crippen molar-refractivity contribution in [2.24, 2.45) is 0 Å². The number of hydrogen-bond acceptors (Lipinski definition) is 6. The number of hydrogen-bond donors (Lipinski definition) is 1. The maximum atomic E-state index is 13.6. The largest absolute Gasteiger partial charge is 0.376 e. The Morgan fingerprint density at radius 2 is 2.09 bits per heavy atom. The van der Waals surface area contributed by atoms with Crippen LogP contribution in [0, 0.1) is 13.8 Å². The van der Waals surface area contributed by atoms with Crippen molar-refractivity contribution < 1.29 is 4.74 Å². The maximum Gasteiger partial charge on any atom is 0.254 e. The Labute approximate surface area is 197 Å². The smallest absolute Gasteiger partial charge is 0.254 e. The van der Waals surface area contributed by atoms with Crippen molar-refractivity contribution in [2.45, 2.75) is 51.8 Å². The molecule has 6 rings (SSSR count). The normalized spacial score (nSPS) is 18.5. The number of para-hydroxylation sites is 1. The molecule has 4 aromatic rings. The summed E-state index contributed by atoms with van der Waals surface area (Å²) in [5.41, 5.74) is 6.06. The highest BCUT2D eigenvalue weighted by Gasteiger charge is 2.35. The van der Waals surface area contributed by atoms with E-state index in [-0.39, 0.29) is 11.7 Å². The van der Waals surface area contributed by atoms with Gasteiger partial charge in [0.2, 0.25) is 0 Å². The maximum absolute atomic E-state index is 13.6. The molecule has 4 heterocycles. The van der Waals surface area contributed by atoms with Crippen LogP contribution in [0.5, 0.6) is 0 Å². The highest BCUT2D eigenvalue weighted by atomic mass is 16.5. The Balaban J connectivity index is 1.52. The number of tetrazole rings is 1. The molecule has 1 fully saturated rings. The lowest BCUT2D eigenvalue weighted by molar-refractivity contribution is 0.0924. The van der Waals surface area contributed by atoms with E-state index in [1.165, 1.54) is 5.56 Å². The van der Waals surface area contributed by atoms with Crippen LogP contribution in [-0.2, 0) is 17.7 Å². The van der Waals surface area contributed by atoms with Crippen LogP contribution in [0.1, 0.15) is 47.0 Å². The minimum absolute atomic E-state index is 0.0919. The summed E-state index contributed by atoms with van der Waals surface area (Å²) in [6, 6.07) is 14.1. The molecule has 0 bridgehead atoms. The minimum Gasteiger partial charge on any atom is -0.376 e. The van der Waals surface area contributed by atoms with E-state index in [1.54, 1.807) is 0 Å². The summed E-state index contributed by atoms with van der Waals surface area (Å²) in [5.74, 6) is 0.667. The third-order valence-corrected chi connectivity index (χ3v) is 7.31. The van der Waals surface area contributed by atoms with Gasteiger partial charge in [0.25, 0.3) is 5.56 Å². The van der Waals surface area contributed by atoms with Crippen LogP contribution < -0.4 is 10.5 Å². The van der Waals surface area contributed by atoms with E-state index in [9.17, 15) is 4.79 Å². The Morgan fingerprint density at radius 1 is 1.21 bits per heavy atom. The lowest BCUT2D eigenvalue weighted by Gasteiger charge is -2.30. The predicted molar refractivity (Wildman–Crippen MR) is 130 cm³/mol. The van der Waals surface area contributed by atoms with Gasteiger partial charge in [-0.15, -0.1) is 5.10 Å². The van der Waals surface area contributed by atoms with E-state index in [0.29, 0.717) is 17.9 Å². The molecule has 2 aliphatic rings. The van der Waals surface area contributed by atoms with Crippen LogP contribution in [0.15, 0.2) is 47.3 Å². The van der Waals surface area contributed by atoms with Gasteiger partial charge < -0.3 is 14.6 Å². The van der Waals surface area contributed by atoms with E-state index >= 15 is 0 Å². The first-order valence-electron chi connectivity index (χ1n) is 12.0. The van der Waals surface area contributed by atoms with Crippen molar-refractivity contribution in [1.29, 1.82) is 0 Å². The number of aromatic amines is 1. The van der Waals surface area contributed by atoms with Gasteiger partial charge in [-0.05, 0) is 77.7 Å². The number of nitrogens with one attached hydrogen (secondary N) is 1. The summed E-state index contributed by atoms with van der Waals surface area (Å²) >= 11 is 0. The molecule has 0 radical (unpaired) electrons. The number of H-pyrrole nitrogens is 1. The Kier molecular flexibility index (Phi) is 5.17. The zero-order chi connectivity index (χ0) is 23.2. The molecule has 0 amide bonds. The van der Waals surface area contributed by atoms with Crippen molar-refractivity contribution in [2.75, 3.05) is 18.1 Å². The number of aryl methyl sites for hydroxylation is 2. The van der Waals surface area contributed by atoms with Crippen LogP contribution in [0.3, 0.4) is 0 Å². The summed E-state index contributed by atoms with van der Waals surface area (Å²) in [6.07, 6.45) is 3.05. The third-order valence-electron chi connectivity index (χ3n) is 7.31. The fourth-order valence-corrected chi connectivity index (χ4v) is 5.34. The van der Waals surface area contributed by atoms with E-state index in [4.69, 9.17) is 4.74 Å². The van der Waals surface area contributed by atoms with Crippen molar-refractivity contribution in [3.05, 3.63) is 80.9 Å². The van der Waals surface area contributed by atoms with Gasteiger partial charge >= 0.3 is 0 Å². The second-order valence-electron chi connectivity index (χ2n) is 9.35. The van der Waals surface area contributed by atoms with E-state index in [1.807, 2.05) is 23.7 Å². The Morgan fingerprint density at radius 3 is 2.94 bits per heavy atom. The standard InChI is InChI=1S/C26H28N6O2/c1-16-9-10-19-14-21(26(33)27-23(19)17(16)2)24(31-12-11-18-6-3-4-8-22(18)31)25-28-29-30-32(25)15-20-7-5-13-34-20/h3-4,6,8-10,14,20,24H,5,7,11-13,15H2,1-2H3,(H,27,33)/t20-,24-/m0/s1. The summed E-state index contributed by atoms with van der Waals surface area (Å²) in [5, 5.41) is 13.8. The molecule has 8 nitrogen and oxygen atoms in total. The van der Waals surface area contributed by atoms with Crippen LogP contribution >= 0.6 is 0 Å². The van der Waals surface area contributed by atoms with Crippen molar-refractivity contribution >= 4 is 16.6 Å². The number of anilines is 1. The lowest BCUT2D eigenvalue weighted by atomic mass is 10.00. The van der Waals surface area contributed by atoms with E-state index in [0.717, 1.165) is 60.1 Å². The minimum atomic E-state index is -0.408. The molecule has 0 unspecified atom stereocenters. The fourth-order valence-electron chi connectivity index (χ4n) is 5.34. The topological polar surface area (TPSA) is 88.9 Å². The summed E-state index contributed by atoms with van der Waals surface area (Å²) in [4.78, 5) is 19.0. The summed E-state index contributed by atoms with van der Waals surface area (Å²) in [7, 11) is 0. The molecular formula is C26H28N6O2. The number of aromatic nitrogens is 5. The van der Waals surface area contributed by atoms with Gasteiger partial charge in [0, 0.05) is 24.4 Å². The molecule has 1 saturated heterocycles. The Bertz CT molecular complexity index is 1420. The van der Waals surface area contributed by atoms with Gasteiger partial charge in [-0.2, -0.15) is 0 Å². The molecule has 2 aliphatic heterocycles. The van der Waals surface area contributed by atoms with Crippen molar-refractivity contribution in [3.8, 4) is 0 Å². The van der Waals surface area contributed by atoms with Crippen LogP contribution in [0.2, 0.25) is 0 Å². The SMILES string of the molecule is Cc1ccc2cc([C@@H](c3nnnn3C[C@@H]3CCCO3)N3CCc4ccccc43)c(=O)[nH]c2c1C. The highest BCUT2D eigenvalue weighted by molar-refractivity contribution is 5.83. The van der Waals surface area contributed by atoms with E-state index in [2.05, 4.69) is 62.7 Å². The molecular weight excluding hydrogens is 428 g/mol. The molecule has 2 aromatic carbocycles. The van der Waals surface area contributed by atoms with Crippen molar-refractivity contribution in [3.63, 3.8) is 0 Å². The Hall–Kier alpha value is -3.52. The van der Waals surface area contributed by atoms with Gasteiger partial charge in [-0.3, -0.25) is 4.79 Å². The monoisotopic (exact) mass is 456 g/mol. The highest BCUT2D eigenvalue weighted by Crippen LogP contribution is 2.37. The molecule has 8 heteroatoms. The molecule has 2 atom stereocenters. The molecule has 0 spiro atoms. The number of pyridine rings is 1. The second-order valence-corrected chi connectivity index (χ2v) is 9.35. The predicted octanol–water partition coefficient (Wildman–Crippen LogP) is 3.46. The first-order chi connectivity index (χ1) is 16.6. The number of rotatable bonds is 5. The number of nitrogens with zero attached hydrogens (tertiary/aromatic N) is 5. The van der Waals surface area contributed by atoms with Gasteiger partial charge in [-0.1, -0.05) is 30.3 Å². The third kappa shape index (κ3) is 3.49. The first-order valence-corrected chi connectivity index (χ1v) is 12.0. The average molecular weight is 457 g/mol. The quantitative estimate of drug-likeness (QED) is 0.495.